The number of aryl methyl sites for hydroxylation is 1. The summed E-state index contributed by atoms with van der Waals surface area (Å²) in [5.74, 6) is 0. The Kier molecular flexibility index (Phi) is 7.54. The molecule has 1 aliphatic carbocycles. The van der Waals surface area contributed by atoms with Crippen LogP contribution in [-0.4, -0.2) is 19.3 Å². The van der Waals surface area contributed by atoms with Crippen LogP contribution in [0.3, 0.4) is 0 Å². The van der Waals surface area contributed by atoms with Crippen LogP contribution >= 0.6 is 0 Å². The first-order chi connectivity index (χ1) is 15.8. The van der Waals surface area contributed by atoms with Crippen LogP contribution in [0.25, 0.3) is 22.9 Å². The third-order valence-electron chi connectivity index (χ3n) is 6.03. The maximum atomic E-state index is 13.1. The average Bonchev–Trinajstić information content (AvgIpc) is 3.29. The first-order valence-corrected chi connectivity index (χ1v) is 11.4. The number of hydrogen-bond donors (Lipinski definition) is 1. The van der Waals surface area contributed by atoms with Gasteiger partial charge in [0, 0.05) is 24.6 Å². The highest BCUT2D eigenvalue weighted by atomic mass is 16.1. The summed E-state index contributed by atoms with van der Waals surface area (Å²) < 4.78 is 3.63. The minimum absolute atomic E-state index is 0.000832. The Hall–Kier alpha value is -3.60. The molecular weight excluding hydrogens is 408 g/mol. The Labute approximate surface area is 196 Å². The number of fused-ring (bicyclic) bond motifs is 1. The molecule has 1 N–H and O–H groups in total. The summed E-state index contributed by atoms with van der Waals surface area (Å²) in [6.45, 7) is 15.6. The van der Waals surface area contributed by atoms with E-state index in [-0.39, 0.29) is 11.7 Å². The summed E-state index contributed by atoms with van der Waals surface area (Å²) in [5.41, 5.74) is 8.35. The number of nitrogens with one attached hydrogen (secondary N) is 1. The second kappa shape index (κ2) is 10.3. The zero-order valence-electron chi connectivity index (χ0n) is 20.4. The van der Waals surface area contributed by atoms with Crippen molar-refractivity contribution in [1.82, 2.24) is 19.3 Å². The molecule has 0 saturated carbocycles. The van der Waals surface area contributed by atoms with Crippen LogP contribution < -0.4 is 5.69 Å². The smallest absolute Gasteiger partial charge is 0.295 e. The standard InChI is InChI=1S/C25H28N4O.C3H6/c1-6-17(3)18(4)29-22-12-8-10-19(14-23(22)28(5)25(29)30)21-15-26-27-24(21)20-11-7-9-16(2)13-20;1-3-2/h7-11,13-15,18H,3,6,12H2,1-2,4-5H3,(H,26,27);3H,1H2,2H3. The van der Waals surface area contributed by atoms with Crippen molar-refractivity contribution in [2.45, 2.75) is 46.6 Å². The molecule has 2 heterocycles. The largest absolute Gasteiger partial charge is 0.329 e. The highest BCUT2D eigenvalue weighted by Gasteiger charge is 2.23. The van der Waals surface area contributed by atoms with Gasteiger partial charge in [0.25, 0.3) is 0 Å². The molecule has 0 amide bonds. The molecule has 3 aromatic rings. The van der Waals surface area contributed by atoms with E-state index in [1.165, 1.54) is 5.56 Å². The fraction of sp³-hybridized carbons (Fsp3) is 0.286. The van der Waals surface area contributed by atoms with Crippen LogP contribution in [0.1, 0.15) is 55.7 Å². The van der Waals surface area contributed by atoms with Crippen LogP contribution in [0, 0.1) is 6.92 Å². The van der Waals surface area contributed by atoms with Gasteiger partial charge in [0.2, 0.25) is 0 Å². The Bertz CT molecular complexity index is 1280. The van der Waals surface area contributed by atoms with Gasteiger partial charge in [-0.25, -0.2) is 4.79 Å². The zero-order chi connectivity index (χ0) is 24.1. The van der Waals surface area contributed by atoms with Gasteiger partial charge in [-0.1, -0.05) is 61.1 Å². The SMILES string of the molecule is C=C(CC)C(C)n1c2c(n(C)c1=O)C=C(c1cn[nH]c1-c1cccc(C)c1)C=CC2.C=CC. The lowest BCUT2D eigenvalue weighted by Crippen LogP contribution is -2.27. The van der Waals surface area contributed by atoms with E-state index in [0.717, 1.165) is 45.8 Å². The molecule has 1 unspecified atom stereocenters. The summed E-state index contributed by atoms with van der Waals surface area (Å²) in [5, 5.41) is 7.47. The maximum Gasteiger partial charge on any atom is 0.329 e. The summed E-state index contributed by atoms with van der Waals surface area (Å²) in [6, 6.07) is 8.34. The van der Waals surface area contributed by atoms with Crippen molar-refractivity contribution in [3.8, 4) is 11.3 Å². The van der Waals surface area contributed by atoms with Gasteiger partial charge in [0.1, 0.15) is 0 Å². The molecule has 1 aromatic carbocycles. The summed E-state index contributed by atoms with van der Waals surface area (Å²) in [4.78, 5) is 13.1. The Morgan fingerprint density at radius 3 is 2.76 bits per heavy atom. The van der Waals surface area contributed by atoms with E-state index in [0.29, 0.717) is 6.42 Å². The monoisotopic (exact) mass is 442 g/mol. The van der Waals surface area contributed by atoms with E-state index in [2.05, 4.69) is 86.6 Å². The van der Waals surface area contributed by atoms with Gasteiger partial charge in [-0.3, -0.25) is 14.2 Å². The molecular formula is C28H34N4O. The average molecular weight is 443 g/mol. The zero-order valence-corrected chi connectivity index (χ0v) is 20.4. The lowest BCUT2D eigenvalue weighted by molar-refractivity contribution is 0.563. The van der Waals surface area contributed by atoms with Crippen LogP contribution in [0.4, 0.5) is 0 Å². The predicted octanol–water partition coefficient (Wildman–Crippen LogP) is 6.26. The molecule has 172 valence electrons. The van der Waals surface area contributed by atoms with Crippen molar-refractivity contribution in [2.75, 3.05) is 0 Å². The third-order valence-corrected chi connectivity index (χ3v) is 6.03. The van der Waals surface area contributed by atoms with E-state index in [9.17, 15) is 4.79 Å². The van der Waals surface area contributed by atoms with Crippen LogP contribution in [-0.2, 0) is 13.5 Å². The summed E-state index contributed by atoms with van der Waals surface area (Å²) in [7, 11) is 1.84. The van der Waals surface area contributed by atoms with Gasteiger partial charge in [0.05, 0.1) is 29.3 Å². The first-order valence-electron chi connectivity index (χ1n) is 11.4. The second-order valence-corrected chi connectivity index (χ2v) is 8.37. The van der Waals surface area contributed by atoms with Gasteiger partial charge in [-0.2, -0.15) is 5.10 Å². The Balaban J connectivity index is 0.000000968. The number of imidazole rings is 1. The number of H-pyrrole nitrogens is 1. The molecule has 5 nitrogen and oxygen atoms in total. The van der Waals surface area contributed by atoms with Crippen molar-refractivity contribution in [2.24, 2.45) is 7.05 Å². The van der Waals surface area contributed by atoms with Crippen LogP contribution in [0.5, 0.6) is 0 Å². The number of allylic oxidation sites excluding steroid dienone is 5. The Morgan fingerprint density at radius 1 is 1.36 bits per heavy atom. The second-order valence-electron chi connectivity index (χ2n) is 8.37. The molecule has 2 aromatic heterocycles. The molecule has 33 heavy (non-hydrogen) atoms. The lowest BCUT2D eigenvalue weighted by Gasteiger charge is -2.17. The van der Waals surface area contributed by atoms with Crippen LogP contribution in [0.15, 0.2) is 72.2 Å². The van der Waals surface area contributed by atoms with Crippen LogP contribution in [0.2, 0.25) is 0 Å². The number of hydrogen-bond acceptors (Lipinski definition) is 2. The number of aromatic amines is 1. The van der Waals surface area contributed by atoms with E-state index in [4.69, 9.17) is 0 Å². The quantitative estimate of drug-likeness (QED) is 0.474. The molecule has 0 fully saturated rings. The van der Waals surface area contributed by atoms with Gasteiger partial charge in [-0.15, -0.1) is 6.58 Å². The molecule has 0 spiro atoms. The first kappa shape index (κ1) is 24.1. The molecule has 0 saturated heterocycles. The number of nitrogens with zero attached hydrogens (tertiary/aromatic N) is 3. The van der Waals surface area contributed by atoms with Crippen molar-refractivity contribution in [3.05, 3.63) is 100 Å². The Morgan fingerprint density at radius 2 is 2.09 bits per heavy atom. The molecule has 4 rings (SSSR count). The molecule has 0 aliphatic heterocycles. The van der Waals surface area contributed by atoms with Gasteiger partial charge in [-0.05, 0) is 44.9 Å². The van der Waals surface area contributed by atoms with E-state index in [1.807, 2.05) is 24.7 Å². The van der Waals surface area contributed by atoms with Crippen molar-refractivity contribution >= 4 is 11.6 Å². The predicted molar refractivity (Wildman–Crippen MR) is 139 cm³/mol. The minimum Gasteiger partial charge on any atom is -0.295 e. The van der Waals surface area contributed by atoms with Gasteiger partial charge in [0.15, 0.2) is 0 Å². The molecule has 1 atom stereocenters. The highest BCUT2D eigenvalue weighted by molar-refractivity contribution is 5.93. The maximum absolute atomic E-state index is 13.1. The third kappa shape index (κ3) is 4.77. The van der Waals surface area contributed by atoms with E-state index >= 15 is 0 Å². The topological polar surface area (TPSA) is 55.6 Å². The van der Waals surface area contributed by atoms with Crippen molar-refractivity contribution in [1.29, 1.82) is 0 Å². The lowest BCUT2D eigenvalue weighted by atomic mass is 10.00. The highest BCUT2D eigenvalue weighted by Crippen LogP contribution is 2.32. The van der Waals surface area contributed by atoms with Crippen molar-refractivity contribution < 1.29 is 0 Å². The molecule has 1 aliphatic rings. The summed E-state index contributed by atoms with van der Waals surface area (Å²) in [6.07, 6.45) is 11.5. The van der Waals surface area contributed by atoms with Gasteiger partial charge >= 0.3 is 5.69 Å². The molecule has 0 radical (unpaired) electrons. The number of rotatable bonds is 5. The van der Waals surface area contributed by atoms with Crippen molar-refractivity contribution in [3.63, 3.8) is 0 Å². The number of aromatic nitrogens is 4. The fourth-order valence-corrected chi connectivity index (χ4v) is 4.14. The summed E-state index contributed by atoms with van der Waals surface area (Å²) >= 11 is 0. The molecule has 0 bridgehead atoms. The number of benzene rings is 1. The van der Waals surface area contributed by atoms with Gasteiger partial charge < -0.3 is 0 Å². The fourth-order valence-electron chi connectivity index (χ4n) is 4.14. The normalized spacial score (nSPS) is 13.3. The minimum atomic E-state index is -0.0300. The van der Waals surface area contributed by atoms with E-state index in [1.54, 1.807) is 10.6 Å². The molecule has 5 heteroatoms. The van der Waals surface area contributed by atoms with E-state index < -0.39 is 0 Å².